The summed E-state index contributed by atoms with van der Waals surface area (Å²) in [4.78, 5) is 16.1. The number of rotatable bonds is 4. The van der Waals surface area contributed by atoms with E-state index in [-0.39, 0.29) is 23.7 Å². The molecule has 3 atom stereocenters. The molecule has 3 rings (SSSR count). The molecule has 1 heterocycles. The molecule has 1 aromatic carbocycles. The number of amides is 1. The van der Waals surface area contributed by atoms with Gasteiger partial charge in [-0.25, -0.2) is 4.98 Å². The first kappa shape index (κ1) is 15.6. The molecular weight excluding hydrogens is 296 g/mol. The summed E-state index contributed by atoms with van der Waals surface area (Å²) in [6.45, 7) is 1.68. The number of nitrogens with zero attached hydrogens (tertiary/aromatic N) is 1. The number of carbonyl (C=O) groups is 1. The van der Waals surface area contributed by atoms with Crippen LogP contribution in [-0.2, 0) is 0 Å². The van der Waals surface area contributed by atoms with Gasteiger partial charge >= 0.3 is 0 Å². The van der Waals surface area contributed by atoms with Gasteiger partial charge in [-0.05, 0) is 38.3 Å². The number of hydrogen-bond acceptors (Lipinski definition) is 5. The van der Waals surface area contributed by atoms with E-state index in [0.717, 1.165) is 18.6 Å². The van der Waals surface area contributed by atoms with Crippen LogP contribution in [0.4, 0.5) is 0 Å². The summed E-state index contributed by atoms with van der Waals surface area (Å²) in [6, 6.07) is 9.03. The third-order valence-electron chi connectivity index (χ3n) is 4.10. The van der Waals surface area contributed by atoms with Gasteiger partial charge in [0.15, 0.2) is 12.1 Å². The van der Waals surface area contributed by atoms with Crippen LogP contribution >= 0.6 is 0 Å². The summed E-state index contributed by atoms with van der Waals surface area (Å²) in [6.07, 6.45) is 2.47. The average Bonchev–Trinajstić information content (AvgIpc) is 2.98. The zero-order valence-electron chi connectivity index (χ0n) is 12.9. The summed E-state index contributed by atoms with van der Waals surface area (Å²) in [5.74, 6) is 0.849. The number of benzene rings is 1. The first-order valence-electron chi connectivity index (χ1n) is 7.76. The van der Waals surface area contributed by atoms with Gasteiger partial charge in [-0.15, -0.1) is 0 Å². The average molecular weight is 316 g/mol. The number of ether oxygens (including phenoxy) is 1. The summed E-state index contributed by atoms with van der Waals surface area (Å²) in [5.41, 5.74) is 0.253. The minimum absolute atomic E-state index is 0.253. The lowest BCUT2D eigenvalue weighted by molar-refractivity contribution is -0.0141. The molecule has 1 aliphatic rings. The van der Waals surface area contributed by atoms with Crippen LogP contribution in [0.2, 0.25) is 0 Å². The number of oxazole rings is 1. The van der Waals surface area contributed by atoms with Gasteiger partial charge in [-0.2, -0.15) is 0 Å². The van der Waals surface area contributed by atoms with Crippen molar-refractivity contribution in [1.29, 1.82) is 0 Å². The van der Waals surface area contributed by atoms with Crippen molar-refractivity contribution < 1.29 is 19.1 Å². The number of aliphatic hydroxyl groups is 1. The molecule has 1 saturated carbocycles. The topological polar surface area (TPSA) is 84.6 Å². The van der Waals surface area contributed by atoms with Gasteiger partial charge in [0.2, 0.25) is 0 Å². The van der Waals surface area contributed by atoms with Gasteiger partial charge < -0.3 is 19.6 Å². The second kappa shape index (κ2) is 6.83. The van der Waals surface area contributed by atoms with Gasteiger partial charge in [0.05, 0.1) is 6.04 Å². The van der Waals surface area contributed by atoms with E-state index in [0.29, 0.717) is 12.2 Å². The van der Waals surface area contributed by atoms with Crippen LogP contribution in [0.5, 0.6) is 5.75 Å². The number of hydrogen-bond donors (Lipinski definition) is 2. The smallest absolute Gasteiger partial charge is 0.273 e. The molecule has 0 saturated heterocycles. The molecule has 0 bridgehead atoms. The zero-order chi connectivity index (χ0) is 16.2. The van der Waals surface area contributed by atoms with Crippen LogP contribution in [0.25, 0.3) is 0 Å². The van der Waals surface area contributed by atoms with E-state index in [9.17, 15) is 9.90 Å². The molecule has 1 aromatic heterocycles. The van der Waals surface area contributed by atoms with Crippen molar-refractivity contribution in [3.63, 3.8) is 0 Å². The normalized spacial score (nSPS) is 24.2. The summed E-state index contributed by atoms with van der Waals surface area (Å²) in [7, 11) is 0. The number of aromatic nitrogens is 1. The van der Waals surface area contributed by atoms with Crippen LogP contribution < -0.4 is 10.1 Å². The summed E-state index contributed by atoms with van der Waals surface area (Å²) in [5, 5.41) is 13.4. The van der Waals surface area contributed by atoms with Crippen molar-refractivity contribution >= 4 is 5.91 Å². The van der Waals surface area contributed by atoms with Crippen LogP contribution in [0.3, 0.4) is 0 Å². The molecule has 1 fully saturated rings. The van der Waals surface area contributed by atoms with Crippen molar-refractivity contribution in [1.82, 2.24) is 10.3 Å². The Kier molecular flexibility index (Phi) is 4.62. The molecule has 2 N–H and O–H groups in total. The van der Waals surface area contributed by atoms with Gasteiger partial charge in [0.1, 0.15) is 23.7 Å². The Balaban J connectivity index is 1.64. The van der Waals surface area contributed by atoms with Crippen LogP contribution in [0.15, 0.2) is 41.1 Å². The van der Waals surface area contributed by atoms with Crippen LogP contribution in [-0.4, -0.2) is 34.2 Å². The summed E-state index contributed by atoms with van der Waals surface area (Å²) >= 11 is 0. The highest BCUT2D eigenvalue weighted by atomic mass is 16.5. The monoisotopic (exact) mass is 316 g/mol. The molecule has 23 heavy (non-hydrogen) atoms. The second-order valence-corrected chi connectivity index (χ2v) is 5.73. The maximum absolute atomic E-state index is 12.2. The van der Waals surface area contributed by atoms with E-state index >= 15 is 0 Å². The lowest BCUT2D eigenvalue weighted by Crippen LogP contribution is -2.52. The van der Waals surface area contributed by atoms with E-state index in [2.05, 4.69) is 10.3 Å². The predicted octanol–water partition coefficient (Wildman–Crippen LogP) is 2.07. The van der Waals surface area contributed by atoms with E-state index in [4.69, 9.17) is 9.15 Å². The first-order valence-corrected chi connectivity index (χ1v) is 7.76. The van der Waals surface area contributed by atoms with Crippen LogP contribution in [0, 0.1) is 6.92 Å². The van der Waals surface area contributed by atoms with E-state index < -0.39 is 6.10 Å². The fraction of sp³-hybridized carbons (Fsp3) is 0.412. The Hall–Kier alpha value is -2.34. The molecule has 6 heteroatoms. The van der Waals surface area contributed by atoms with E-state index in [1.54, 1.807) is 6.92 Å². The number of carbonyl (C=O) groups excluding carboxylic acids is 1. The third kappa shape index (κ3) is 3.53. The number of para-hydroxylation sites is 1. The quantitative estimate of drug-likeness (QED) is 0.902. The molecular formula is C17H20N2O4. The highest BCUT2D eigenvalue weighted by Gasteiger charge is 2.35. The lowest BCUT2D eigenvalue weighted by Gasteiger charge is -2.35. The Bertz CT molecular complexity index is 656. The Morgan fingerprint density at radius 1 is 1.35 bits per heavy atom. The fourth-order valence-corrected chi connectivity index (χ4v) is 2.86. The Morgan fingerprint density at radius 2 is 2.13 bits per heavy atom. The minimum Gasteiger partial charge on any atom is -0.488 e. The molecule has 6 nitrogen and oxygen atoms in total. The largest absolute Gasteiger partial charge is 0.488 e. The predicted molar refractivity (Wildman–Crippen MR) is 83.2 cm³/mol. The zero-order valence-corrected chi connectivity index (χ0v) is 12.9. The third-order valence-corrected chi connectivity index (χ3v) is 4.10. The van der Waals surface area contributed by atoms with Gasteiger partial charge in [-0.3, -0.25) is 4.79 Å². The molecule has 0 spiro atoms. The highest BCUT2D eigenvalue weighted by Crippen LogP contribution is 2.24. The van der Waals surface area contributed by atoms with Crippen molar-refractivity contribution in [2.45, 2.75) is 44.4 Å². The number of nitrogens with one attached hydrogen (secondary N) is 1. The molecule has 0 radical (unpaired) electrons. The van der Waals surface area contributed by atoms with Crippen molar-refractivity contribution in [2.24, 2.45) is 0 Å². The molecule has 122 valence electrons. The number of aryl methyl sites for hydroxylation is 1. The SMILES string of the molecule is Cc1ocnc1C(=O)N[C@@H]1CCC[C@@H](Oc2ccccc2)[C@@H]1O. The Morgan fingerprint density at radius 3 is 2.83 bits per heavy atom. The minimum atomic E-state index is -0.764. The molecule has 0 unspecified atom stereocenters. The van der Waals surface area contributed by atoms with E-state index in [1.165, 1.54) is 6.39 Å². The first-order chi connectivity index (χ1) is 11.1. The van der Waals surface area contributed by atoms with E-state index in [1.807, 2.05) is 30.3 Å². The molecule has 1 amide bonds. The fourth-order valence-electron chi connectivity index (χ4n) is 2.86. The molecule has 1 aliphatic carbocycles. The summed E-state index contributed by atoms with van der Waals surface area (Å²) < 4.78 is 10.9. The maximum Gasteiger partial charge on any atom is 0.273 e. The van der Waals surface area contributed by atoms with Crippen LogP contribution in [0.1, 0.15) is 35.5 Å². The highest BCUT2D eigenvalue weighted by molar-refractivity contribution is 5.93. The van der Waals surface area contributed by atoms with Crippen molar-refractivity contribution in [3.8, 4) is 5.75 Å². The standard InChI is InChI=1S/C17H20N2O4/c1-11-15(18-10-22-11)17(21)19-13-8-5-9-14(16(13)20)23-12-6-3-2-4-7-12/h2-4,6-7,10,13-14,16,20H,5,8-9H2,1H3,(H,19,21)/t13-,14-,16-/m1/s1. The van der Waals surface area contributed by atoms with Gasteiger partial charge in [-0.1, -0.05) is 18.2 Å². The second-order valence-electron chi connectivity index (χ2n) is 5.73. The van der Waals surface area contributed by atoms with Crippen molar-refractivity contribution in [2.75, 3.05) is 0 Å². The van der Waals surface area contributed by atoms with Crippen molar-refractivity contribution in [3.05, 3.63) is 48.2 Å². The van der Waals surface area contributed by atoms with Gasteiger partial charge in [0.25, 0.3) is 5.91 Å². The maximum atomic E-state index is 12.2. The number of aliphatic hydroxyl groups excluding tert-OH is 1. The lowest BCUT2D eigenvalue weighted by atomic mass is 9.89. The Labute approximate surface area is 134 Å². The van der Waals surface area contributed by atoms with Gasteiger partial charge in [0, 0.05) is 0 Å². The molecule has 0 aliphatic heterocycles. The molecule has 2 aromatic rings.